The second kappa shape index (κ2) is 35.9. The Kier molecular flexibility index (Phi) is 35.4. The van der Waals surface area contributed by atoms with Crippen molar-refractivity contribution in [2.45, 2.75) is 219 Å². The quantitative estimate of drug-likeness (QED) is 0.0279. The summed E-state index contributed by atoms with van der Waals surface area (Å²) in [6.07, 6.45) is 39.3. The number of hydrogen-bond acceptors (Lipinski definition) is 6. The molecule has 3 atom stereocenters. The minimum atomic E-state index is -4.56. The van der Waals surface area contributed by atoms with Crippen molar-refractivity contribution in [2.24, 2.45) is 0 Å². The van der Waals surface area contributed by atoms with E-state index in [0.717, 1.165) is 51.4 Å². The Bertz CT molecular complexity index is 865. The molecular formula is C43H87N2O6P. The van der Waals surface area contributed by atoms with Crippen molar-refractivity contribution in [3.05, 3.63) is 12.2 Å². The molecule has 3 unspecified atom stereocenters. The van der Waals surface area contributed by atoms with Gasteiger partial charge in [-0.1, -0.05) is 180 Å². The number of aliphatic hydroxyl groups is 1. The van der Waals surface area contributed by atoms with Crippen molar-refractivity contribution >= 4 is 13.7 Å². The molecular weight excluding hydrogens is 671 g/mol. The van der Waals surface area contributed by atoms with Crippen LogP contribution in [0.3, 0.4) is 0 Å². The van der Waals surface area contributed by atoms with E-state index in [1.807, 2.05) is 21.1 Å². The third kappa shape index (κ3) is 37.6. The minimum absolute atomic E-state index is 0.0123. The summed E-state index contributed by atoms with van der Waals surface area (Å²) in [4.78, 5) is 25.2. The van der Waals surface area contributed by atoms with Crippen molar-refractivity contribution in [1.82, 2.24) is 5.32 Å². The largest absolute Gasteiger partial charge is 0.756 e. The molecule has 52 heavy (non-hydrogen) atoms. The van der Waals surface area contributed by atoms with E-state index < -0.39 is 20.0 Å². The van der Waals surface area contributed by atoms with Crippen LogP contribution < -0.4 is 10.2 Å². The fourth-order valence-corrected chi connectivity index (χ4v) is 7.16. The number of unbranched alkanes of at least 4 members (excludes halogenated alkanes) is 25. The van der Waals surface area contributed by atoms with Crippen LogP contribution in [0, 0.1) is 0 Å². The summed E-state index contributed by atoms with van der Waals surface area (Å²) >= 11 is 0. The number of phosphoric ester groups is 1. The first-order valence-electron chi connectivity index (χ1n) is 22.0. The van der Waals surface area contributed by atoms with Crippen LogP contribution in [0.2, 0.25) is 0 Å². The average molecular weight is 759 g/mol. The van der Waals surface area contributed by atoms with Gasteiger partial charge in [0, 0.05) is 6.42 Å². The van der Waals surface area contributed by atoms with Gasteiger partial charge >= 0.3 is 0 Å². The molecule has 0 radical (unpaired) electrons. The van der Waals surface area contributed by atoms with Crippen molar-refractivity contribution in [1.29, 1.82) is 0 Å². The summed E-state index contributed by atoms with van der Waals surface area (Å²) in [7, 11) is 1.30. The first kappa shape index (κ1) is 51.2. The van der Waals surface area contributed by atoms with Crippen molar-refractivity contribution < 1.29 is 32.9 Å². The Labute approximate surface area is 322 Å². The zero-order valence-corrected chi connectivity index (χ0v) is 35.9. The number of likely N-dealkylation sites (N-methyl/N-ethyl adjacent to an activating group) is 1. The molecule has 0 saturated carbocycles. The highest BCUT2D eigenvalue weighted by molar-refractivity contribution is 7.45. The molecule has 0 aliphatic carbocycles. The van der Waals surface area contributed by atoms with Crippen molar-refractivity contribution in [3.8, 4) is 0 Å². The topological polar surface area (TPSA) is 108 Å². The molecule has 0 rings (SSSR count). The maximum Gasteiger partial charge on any atom is 0.268 e. The molecule has 310 valence electrons. The van der Waals surface area contributed by atoms with Crippen LogP contribution in [0.4, 0.5) is 0 Å². The van der Waals surface area contributed by atoms with Gasteiger partial charge in [-0.2, -0.15) is 0 Å². The third-order valence-electron chi connectivity index (χ3n) is 10.0. The van der Waals surface area contributed by atoms with E-state index in [-0.39, 0.29) is 19.1 Å². The molecule has 0 aromatic carbocycles. The summed E-state index contributed by atoms with van der Waals surface area (Å²) in [5, 5.41) is 13.9. The number of allylic oxidation sites excluding steroid dienone is 2. The molecule has 0 aliphatic rings. The number of nitrogens with zero attached hydrogens (tertiary/aromatic N) is 1. The number of carbonyl (C=O) groups is 1. The van der Waals surface area contributed by atoms with Gasteiger partial charge in [0.2, 0.25) is 5.91 Å². The number of rotatable bonds is 40. The monoisotopic (exact) mass is 759 g/mol. The Balaban J connectivity index is 4.31. The summed E-state index contributed by atoms with van der Waals surface area (Å²) in [5.41, 5.74) is 0. The van der Waals surface area contributed by atoms with Crippen LogP contribution in [0.25, 0.3) is 0 Å². The molecule has 0 spiro atoms. The highest BCUT2D eigenvalue weighted by Gasteiger charge is 2.24. The fourth-order valence-electron chi connectivity index (χ4n) is 6.43. The first-order chi connectivity index (χ1) is 25.0. The molecule has 0 heterocycles. The summed E-state index contributed by atoms with van der Waals surface area (Å²) < 4.78 is 23.2. The molecule has 8 nitrogen and oxygen atoms in total. The Morgan fingerprint density at radius 3 is 1.56 bits per heavy atom. The predicted octanol–water partition coefficient (Wildman–Crippen LogP) is 11.3. The molecule has 0 aromatic heterocycles. The van der Waals surface area contributed by atoms with Gasteiger partial charge < -0.3 is 28.8 Å². The van der Waals surface area contributed by atoms with E-state index in [1.54, 1.807) is 0 Å². The molecule has 0 fully saturated rings. The van der Waals surface area contributed by atoms with E-state index in [1.165, 1.54) is 128 Å². The van der Waals surface area contributed by atoms with Crippen LogP contribution in [0.5, 0.6) is 0 Å². The lowest BCUT2D eigenvalue weighted by Crippen LogP contribution is -2.46. The molecule has 9 heteroatoms. The van der Waals surface area contributed by atoms with E-state index in [2.05, 4.69) is 31.3 Å². The van der Waals surface area contributed by atoms with Gasteiger partial charge in [0.15, 0.2) is 0 Å². The SMILES string of the molecule is CCCC/C=C\CCCCCCCC(=O)NC(COP(=O)([O-])OCC[N+](C)(C)C)C(O)CCCCCCCCCCCCCCCCCCCCC. The van der Waals surface area contributed by atoms with Crippen LogP contribution in [0.1, 0.15) is 206 Å². The maximum absolute atomic E-state index is 12.8. The fraction of sp³-hybridized carbons (Fsp3) is 0.930. The highest BCUT2D eigenvalue weighted by Crippen LogP contribution is 2.38. The van der Waals surface area contributed by atoms with Crippen molar-refractivity contribution in [3.63, 3.8) is 0 Å². The average Bonchev–Trinajstić information content (AvgIpc) is 3.09. The highest BCUT2D eigenvalue weighted by atomic mass is 31.2. The lowest BCUT2D eigenvalue weighted by Gasteiger charge is -2.30. The van der Waals surface area contributed by atoms with Gasteiger partial charge in [0.05, 0.1) is 39.9 Å². The van der Waals surface area contributed by atoms with Gasteiger partial charge in [0.25, 0.3) is 7.82 Å². The Hall–Kier alpha value is -0.760. The second-order valence-electron chi connectivity index (χ2n) is 16.4. The van der Waals surface area contributed by atoms with Crippen molar-refractivity contribution in [2.75, 3.05) is 40.9 Å². The zero-order valence-electron chi connectivity index (χ0n) is 35.0. The lowest BCUT2D eigenvalue weighted by atomic mass is 10.0. The second-order valence-corrected chi connectivity index (χ2v) is 17.8. The Morgan fingerprint density at radius 1 is 0.654 bits per heavy atom. The number of quaternary nitrogens is 1. The minimum Gasteiger partial charge on any atom is -0.756 e. The number of aliphatic hydroxyl groups excluding tert-OH is 1. The molecule has 0 saturated heterocycles. The lowest BCUT2D eigenvalue weighted by molar-refractivity contribution is -0.870. The van der Waals surface area contributed by atoms with Gasteiger partial charge in [-0.25, -0.2) is 0 Å². The van der Waals surface area contributed by atoms with Gasteiger partial charge in [-0.3, -0.25) is 9.36 Å². The van der Waals surface area contributed by atoms with Crippen LogP contribution >= 0.6 is 7.82 Å². The summed E-state index contributed by atoms with van der Waals surface area (Å²) in [6, 6.07) is -0.799. The maximum atomic E-state index is 12.8. The number of hydrogen-bond donors (Lipinski definition) is 2. The Morgan fingerprint density at radius 2 is 1.08 bits per heavy atom. The van der Waals surface area contributed by atoms with Crippen LogP contribution in [-0.2, 0) is 18.4 Å². The number of nitrogens with one attached hydrogen (secondary N) is 1. The summed E-state index contributed by atoms with van der Waals surface area (Å²) in [5.74, 6) is -0.175. The molecule has 0 aromatic rings. The van der Waals surface area contributed by atoms with Crippen LogP contribution in [0.15, 0.2) is 12.2 Å². The van der Waals surface area contributed by atoms with Gasteiger partial charge in [-0.05, 0) is 32.1 Å². The van der Waals surface area contributed by atoms with Gasteiger partial charge in [-0.15, -0.1) is 0 Å². The third-order valence-corrected chi connectivity index (χ3v) is 11.0. The molecule has 0 bridgehead atoms. The molecule has 0 aliphatic heterocycles. The first-order valence-corrected chi connectivity index (χ1v) is 23.5. The van der Waals surface area contributed by atoms with E-state index in [4.69, 9.17) is 9.05 Å². The van der Waals surface area contributed by atoms with Crippen LogP contribution in [-0.4, -0.2) is 68.5 Å². The smallest absolute Gasteiger partial charge is 0.268 e. The van der Waals surface area contributed by atoms with E-state index in [9.17, 15) is 19.4 Å². The number of amides is 1. The predicted molar refractivity (Wildman–Crippen MR) is 219 cm³/mol. The van der Waals surface area contributed by atoms with E-state index in [0.29, 0.717) is 23.9 Å². The number of carbonyl (C=O) groups excluding carboxylic acids is 1. The molecule has 1 amide bonds. The van der Waals surface area contributed by atoms with Gasteiger partial charge in [0.1, 0.15) is 13.2 Å². The standard InChI is InChI=1S/C43H87N2O6P/c1-6-8-10-12-14-16-18-19-20-21-22-23-24-25-27-28-30-32-34-36-42(46)41(40-51-52(48,49)50-39-38-45(3,4)5)44-43(47)37-35-33-31-29-26-17-15-13-11-9-7-2/h13,15,41-42,46H,6-12,14,16-40H2,1-5H3,(H-,44,47,48,49)/b15-13-. The molecule has 2 N–H and O–H groups in total. The normalized spacial score (nSPS) is 14.5. The van der Waals surface area contributed by atoms with E-state index >= 15 is 0 Å². The number of phosphoric acid groups is 1. The zero-order chi connectivity index (χ0) is 38.6. The summed E-state index contributed by atoms with van der Waals surface area (Å²) in [6.45, 7) is 4.68.